The third kappa shape index (κ3) is 2.56. The molecule has 0 saturated carbocycles. The molecule has 6 nitrogen and oxygen atoms in total. The molecule has 2 heterocycles. The number of H-pyrrole nitrogens is 1. The molecule has 0 spiro atoms. The predicted octanol–water partition coefficient (Wildman–Crippen LogP) is 1.03. The maximum atomic E-state index is 12.4. The summed E-state index contributed by atoms with van der Waals surface area (Å²) in [6.07, 6.45) is 5.08. The van der Waals surface area contributed by atoms with Gasteiger partial charge < -0.3 is 10.1 Å². The number of rotatable bonds is 4. The van der Waals surface area contributed by atoms with Gasteiger partial charge in [0.15, 0.2) is 0 Å². The lowest BCUT2D eigenvalue weighted by molar-refractivity contribution is -0.138. The summed E-state index contributed by atoms with van der Waals surface area (Å²) in [4.78, 5) is 13.7. The van der Waals surface area contributed by atoms with Crippen LogP contribution in [0.5, 0.6) is 0 Å². The quantitative estimate of drug-likeness (QED) is 0.856. The van der Waals surface area contributed by atoms with E-state index in [-0.39, 0.29) is 11.3 Å². The van der Waals surface area contributed by atoms with Gasteiger partial charge in [-0.25, -0.2) is 8.42 Å². The van der Waals surface area contributed by atoms with Crippen LogP contribution in [0.3, 0.4) is 0 Å². The summed E-state index contributed by atoms with van der Waals surface area (Å²) in [5, 5.41) is 8.85. The average Bonchev–Trinajstić information content (AvgIpc) is 2.82. The van der Waals surface area contributed by atoms with E-state index < -0.39 is 22.0 Å². The lowest BCUT2D eigenvalue weighted by atomic mass is 10.0. The molecule has 1 fully saturated rings. The molecule has 0 amide bonds. The van der Waals surface area contributed by atoms with Gasteiger partial charge in [-0.2, -0.15) is 4.31 Å². The normalized spacial score (nSPS) is 21.9. The van der Waals surface area contributed by atoms with E-state index >= 15 is 0 Å². The van der Waals surface area contributed by atoms with Crippen LogP contribution in [0.2, 0.25) is 0 Å². The van der Waals surface area contributed by atoms with Crippen LogP contribution in [0.25, 0.3) is 0 Å². The van der Waals surface area contributed by atoms with Crippen LogP contribution in [0, 0.1) is 0 Å². The maximum Gasteiger partial charge on any atom is 0.304 e. The van der Waals surface area contributed by atoms with E-state index in [2.05, 4.69) is 4.98 Å². The summed E-state index contributed by atoms with van der Waals surface area (Å²) in [6, 6.07) is 1.05. The topological polar surface area (TPSA) is 90.5 Å². The fourth-order valence-electron chi connectivity index (χ4n) is 2.30. The van der Waals surface area contributed by atoms with Crippen molar-refractivity contribution in [2.45, 2.75) is 36.6 Å². The molecule has 1 atom stereocenters. The molecular formula is C11H16N2O4S. The molecule has 1 aliphatic rings. The second kappa shape index (κ2) is 5.11. The van der Waals surface area contributed by atoms with Gasteiger partial charge in [-0.05, 0) is 18.9 Å². The Morgan fingerprint density at radius 3 is 2.89 bits per heavy atom. The third-order valence-electron chi connectivity index (χ3n) is 3.16. The molecular weight excluding hydrogens is 256 g/mol. The SMILES string of the molecule is O=C(O)CC1CCCCN1S(=O)(=O)c1cc[nH]c1. The van der Waals surface area contributed by atoms with Crippen molar-refractivity contribution in [1.82, 2.24) is 9.29 Å². The molecule has 1 saturated heterocycles. The number of carbonyl (C=O) groups is 1. The van der Waals surface area contributed by atoms with Crippen molar-refractivity contribution in [3.63, 3.8) is 0 Å². The fraction of sp³-hybridized carbons (Fsp3) is 0.545. The lowest BCUT2D eigenvalue weighted by Gasteiger charge is -2.33. The van der Waals surface area contributed by atoms with Gasteiger partial charge in [0.1, 0.15) is 0 Å². The molecule has 0 bridgehead atoms. The van der Waals surface area contributed by atoms with E-state index in [0.29, 0.717) is 13.0 Å². The first-order valence-corrected chi connectivity index (χ1v) is 7.32. The molecule has 1 aromatic rings. The van der Waals surface area contributed by atoms with Gasteiger partial charge in [0.25, 0.3) is 0 Å². The van der Waals surface area contributed by atoms with Crippen molar-refractivity contribution in [2.24, 2.45) is 0 Å². The van der Waals surface area contributed by atoms with E-state index in [1.54, 1.807) is 6.20 Å². The van der Waals surface area contributed by atoms with Gasteiger partial charge in [-0.3, -0.25) is 4.79 Å². The third-order valence-corrected chi connectivity index (χ3v) is 5.11. The van der Waals surface area contributed by atoms with Gasteiger partial charge in [0.2, 0.25) is 10.0 Å². The van der Waals surface area contributed by atoms with Crippen molar-refractivity contribution < 1.29 is 18.3 Å². The number of hydrogen-bond donors (Lipinski definition) is 2. The highest BCUT2D eigenvalue weighted by atomic mass is 32.2. The van der Waals surface area contributed by atoms with Crippen molar-refractivity contribution in [3.8, 4) is 0 Å². The monoisotopic (exact) mass is 272 g/mol. The zero-order valence-electron chi connectivity index (χ0n) is 9.87. The summed E-state index contributed by atoms with van der Waals surface area (Å²) in [7, 11) is -3.57. The highest BCUT2D eigenvalue weighted by Crippen LogP contribution is 2.26. The molecule has 1 aliphatic heterocycles. The predicted molar refractivity (Wildman–Crippen MR) is 64.6 cm³/mol. The Morgan fingerprint density at radius 1 is 1.50 bits per heavy atom. The van der Waals surface area contributed by atoms with Gasteiger partial charge in [-0.1, -0.05) is 6.42 Å². The zero-order chi connectivity index (χ0) is 13.2. The van der Waals surface area contributed by atoms with E-state index in [0.717, 1.165) is 12.8 Å². The Kier molecular flexibility index (Phi) is 3.72. The molecule has 2 rings (SSSR count). The minimum absolute atomic E-state index is 0.135. The number of aromatic nitrogens is 1. The van der Waals surface area contributed by atoms with Crippen LogP contribution in [0.1, 0.15) is 25.7 Å². The minimum atomic E-state index is -3.57. The number of nitrogens with one attached hydrogen (secondary N) is 1. The maximum absolute atomic E-state index is 12.4. The minimum Gasteiger partial charge on any atom is -0.481 e. The van der Waals surface area contributed by atoms with E-state index in [4.69, 9.17) is 5.11 Å². The Morgan fingerprint density at radius 2 is 2.28 bits per heavy atom. The number of hydrogen-bond acceptors (Lipinski definition) is 3. The van der Waals surface area contributed by atoms with E-state index in [1.807, 2.05) is 0 Å². The van der Waals surface area contributed by atoms with Crippen LogP contribution in [0.4, 0.5) is 0 Å². The molecule has 0 aliphatic carbocycles. The standard InChI is InChI=1S/C11H16N2O4S/c14-11(15)7-9-3-1-2-6-13(9)18(16,17)10-4-5-12-8-10/h4-5,8-9,12H,1-3,6-7H2,(H,14,15). The molecule has 100 valence electrons. The molecule has 2 N–H and O–H groups in total. The summed E-state index contributed by atoms with van der Waals surface area (Å²) in [5.74, 6) is -0.962. The molecule has 1 unspecified atom stereocenters. The number of carboxylic acid groups (broad SMARTS) is 1. The Balaban J connectivity index is 2.26. The van der Waals surface area contributed by atoms with Crippen LogP contribution < -0.4 is 0 Å². The number of aromatic amines is 1. The number of carboxylic acids is 1. The van der Waals surface area contributed by atoms with Crippen molar-refractivity contribution >= 4 is 16.0 Å². The van der Waals surface area contributed by atoms with E-state index in [9.17, 15) is 13.2 Å². The number of aliphatic carboxylic acids is 1. The smallest absolute Gasteiger partial charge is 0.304 e. The van der Waals surface area contributed by atoms with Gasteiger partial charge in [0.05, 0.1) is 11.3 Å². The van der Waals surface area contributed by atoms with Crippen LogP contribution in [-0.4, -0.2) is 41.4 Å². The number of nitrogens with zero attached hydrogens (tertiary/aromatic N) is 1. The van der Waals surface area contributed by atoms with Crippen molar-refractivity contribution in [1.29, 1.82) is 0 Å². The molecule has 18 heavy (non-hydrogen) atoms. The van der Waals surface area contributed by atoms with Gasteiger partial charge in [-0.15, -0.1) is 0 Å². The first-order valence-electron chi connectivity index (χ1n) is 5.88. The molecule has 0 aromatic carbocycles. The summed E-state index contributed by atoms with van der Waals surface area (Å²) in [5.41, 5.74) is 0. The van der Waals surface area contributed by atoms with Crippen LogP contribution in [0.15, 0.2) is 23.4 Å². The van der Waals surface area contributed by atoms with Crippen molar-refractivity contribution in [3.05, 3.63) is 18.5 Å². The number of sulfonamides is 1. The van der Waals surface area contributed by atoms with Gasteiger partial charge >= 0.3 is 5.97 Å². The van der Waals surface area contributed by atoms with Crippen LogP contribution >= 0.6 is 0 Å². The largest absolute Gasteiger partial charge is 0.481 e. The summed E-state index contributed by atoms with van der Waals surface area (Å²) < 4.78 is 26.0. The molecule has 0 radical (unpaired) electrons. The lowest BCUT2D eigenvalue weighted by Crippen LogP contribution is -2.44. The molecule has 7 heteroatoms. The first kappa shape index (κ1) is 13.1. The highest BCUT2D eigenvalue weighted by Gasteiger charge is 2.34. The Bertz CT molecular complexity index is 509. The summed E-state index contributed by atoms with van der Waals surface area (Å²) in [6.45, 7) is 0.394. The average molecular weight is 272 g/mol. The van der Waals surface area contributed by atoms with Gasteiger partial charge in [0, 0.05) is 25.0 Å². The summed E-state index contributed by atoms with van der Waals surface area (Å²) >= 11 is 0. The highest BCUT2D eigenvalue weighted by molar-refractivity contribution is 7.89. The second-order valence-electron chi connectivity index (χ2n) is 4.41. The van der Waals surface area contributed by atoms with E-state index in [1.165, 1.54) is 16.6 Å². The number of piperidine rings is 1. The Hall–Kier alpha value is -1.34. The van der Waals surface area contributed by atoms with Crippen LogP contribution in [-0.2, 0) is 14.8 Å². The Labute approximate surface area is 106 Å². The first-order chi connectivity index (χ1) is 8.51. The zero-order valence-corrected chi connectivity index (χ0v) is 10.7. The second-order valence-corrected chi connectivity index (χ2v) is 6.30. The van der Waals surface area contributed by atoms with Crippen molar-refractivity contribution in [2.75, 3.05) is 6.54 Å². The molecule has 1 aromatic heterocycles. The fourth-order valence-corrected chi connectivity index (χ4v) is 3.97.